The molecule has 2 aromatic rings. The van der Waals surface area contributed by atoms with Crippen LogP contribution in [0.1, 0.15) is 6.92 Å². The van der Waals surface area contributed by atoms with Crippen molar-refractivity contribution in [1.29, 1.82) is 0 Å². The Morgan fingerprint density at radius 1 is 1.17 bits per heavy atom. The number of benzene rings is 2. The molecule has 2 aromatic carbocycles. The van der Waals surface area contributed by atoms with Gasteiger partial charge in [-0.1, -0.05) is 30.0 Å². The van der Waals surface area contributed by atoms with Crippen LogP contribution in [0.25, 0.3) is 0 Å². The quantitative estimate of drug-likeness (QED) is 0.431. The Kier molecular flexibility index (Phi) is 4.42. The van der Waals surface area contributed by atoms with E-state index >= 15 is 0 Å². The minimum atomic E-state index is -4.60. The fourth-order valence-electron chi connectivity index (χ4n) is 2.16. The fraction of sp³-hybridized carbons (Fsp3) is 0.133. The standard InChI is InChI=1S/C15H14NO6PS/c1-9(23(19,20)21)15(17)22-11-6-4-8-13-14(11)16(18)10-5-2-3-7-12(10)24-13/h2-9,18H,1H3,(H2,19,20,21). The Balaban J connectivity index is 1.97. The first-order valence-corrected chi connectivity index (χ1v) is 9.44. The van der Waals surface area contributed by atoms with E-state index in [0.717, 1.165) is 16.9 Å². The molecule has 0 fully saturated rings. The number of fused-ring (bicyclic) bond motifs is 2. The largest absolute Gasteiger partial charge is 0.423 e. The van der Waals surface area contributed by atoms with Gasteiger partial charge in [0.05, 0.1) is 5.69 Å². The topological polar surface area (TPSA) is 107 Å². The lowest BCUT2D eigenvalue weighted by Crippen LogP contribution is -2.24. The van der Waals surface area contributed by atoms with Crippen molar-refractivity contribution < 1.29 is 29.1 Å². The van der Waals surface area contributed by atoms with Crippen LogP contribution >= 0.6 is 19.4 Å². The first kappa shape index (κ1) is 17.0. The highest BCUT2D eigenvalue weighted by molar-refractivity contribution is 7.99. The maximum absolute atomic E-state index is 12.0. The van der Waals surface area contributed by atoms with Crippen LogP contribution in [-0.2, 0) is 9.36 Å². The van der Waals surface area contributed by atoms with Gasteiger partial charge < -0.3 is 14.5 Å². The second kappa shape index (κ2) is 6.23. The smallest absolute Gasteiger partial charge is 0.339 e. The molecule has 3 rings (SSSR count). The molecule has 0 amide bonds. The molecule has 0 saturated heterocycles. The van der Waals surface area contributed by atoms with Gasteiger partial charge in [0.1, 0.15) is 5.69 Å². The number of ether oxygens (including phenoxy) is 1. The molecule has 3 N–H and O–H groups in total. The maximum Gasteiger partial charge on any atom is 0.339 e. The summed E-state index contributed by atoms with van der Waals surface area (Å²) in [6, 6.07) is 12.0. The maximum atomic E-state index is 12.0. The van der Waals surface area contributed by atoms with Crippen LogP contribution in [0.4, 0.5) is 11.4 Å². The summed E-state index contributed by atoms with van der Waals surface area (Å²) in [5.41, 5.74) is -0.807. The Hall–Kier alpha value is -1.83. The van der Waals surface area contributed by atoms with Crippen LogP contribution in [0, 0.1) is 0 Å². The molecule has 9 heteroatoms. The first-order valence-electron chi connectivity index (χ1n) is 6.95. The second-order valence-corrected chi connectivity index (χ2v) is 8.21. The van der Waals surface area contributed by atoms with Crippen LogP contribution in [0.2, 0.25) is 0 Å². The molecule has 24 heavy (non-hydrogen) atoms. The van der Waals surface area contributed by atoms with Crippen molar-refractivity contribution in [2.45, 2.75) is 22.4 Å². The fourth-order valence-corrected chi connectivity index (χ4v) is 3.56. The van der Waals surface area contributed by atoms with Crippen molar-refractivity contribution in [3.05, 3.63) is 42.5 Å². The minimum Gasteiger partial charge on any atom is -0.423 e. The second-order valence-electron chi connectivity index (χ2n) is 5.17. The van der Waals surface area contributed by atoms with Gasteiger partial charge >= 0.3 is 13.6 Å². The molecule has 0 bridgehead atoms. The monoisotopic (exact) mass is 367 g/mol. The summed E-state index contributed by atoms with van der Waals surface area (Å²) in [5, 5.41) is 11.4. The van der Waals surface area contributed by atoms with Crippen molar-refractivity contribution in [2.24, 2.45) is 0 Å². The van der Waals surface area contributed by atoms with E-state index in [9.17, 15) is 14.6 Å². The van der Waals surface area contributed by atoms with E-state index in [1.165, 1.54) is 17.8 Å². The molecule has 1 aliphatic heterocycles. The number of nitrogens with zero attached hydrogens (tertiary/aromatic N) is 1. The van der Waals surface area contributed by atoms with E-state index in [2.05, 4.69) is 0 Å². The summed E-state index contributed by atoms with van der Waals surface area (Å²) in [7, 11) is -4.60. The number of carbonyl (C=O) groups excluding carboxylic acids is 1. The Morgan fingerprint density at radius 2 is 1.83 bits per heavy atom. The summed E-state index contributed by atoms with van der Waals surface area (Å²) >= 11 is 1.39. The van der Waals surface area contributed by atoms with Crippen LogP contribution in [-0.4, -0.2) is 26.6 Å². The normalized spacial score (nSPS) is 14.6. The average Bonchev–Trinajstić information content (AvgIpc) is 2.53. The van der Waals surface area contributed by atoms with Crippen molar-refractivity contribution in [1.82, 2.24) is 0 Å². The van der Waals surface area contributed by atoms with E-state index in [1.54, 1.807) is 24.3 Å². The molecule has 1 aliphatic rings. The van der Waals surface area contributed by atoms with Gasteiger partial charge in [-0.25, -0.2) is 5.06 Å². The zero-order chi connectivity index (χ0) is 17.5. The zero-order valence-corrected chi connectivity index (χ0v) is 14.2. The van der Waals surface area contributed by atoms with Gasteiger partial charge in [-0.15, -0.1) is 0 Å². The average molecular weight is 367 g/mol. The molecule has 1 heterocycles. The number of para-hydroxylation sites is 2. The Bertz CT molecular complexity index is 852. The summed E-state index contributed by atoms with van der Waals surface area (Å²) in [6.07, 6.45) is 0. The molecule has 0 aromatic heterocycles. The third-order valence-corrected chi connectivity index (χ3v) is 5.88. The molecule has 126 valence electrons. The van der Waals surface area contributed by atoms with Crippen molar-refractivity contribution in [3.8, 4) is 5.75 Å². The van der Waals surface area contributed by atoms with Crippen molar-refractivity contribution in [3.63, 3.8) is 0 Å². The van der Waals surface area contributed by atoms with Crippen LogP contribution in [0.15, 0.2) is 52.3 Å². The first-order chi connectivity index (χ1) is 11.3. The highest BCUT2D eigenvalue weighted by atomic mass is 32.2. The van der Waals surface area contributed by atoms with Gasteiger partial charge in [0.15, 0.2) is 11.4 Å². The van der Waals surface area contributed by atoms with E-state index in [-0.39, 0.29) is 11.4 Å². The zero-order valence-electron chi connectivity index (χ0n) is 12.5. The summed E-state index contributed by atoms with van der Waals surface area (Å²) < 4.78 is 16.3. The van der Waals surface area contributed by atoms with Gasteiger partial charge in [-0.05, 0) is 31.2 Å². The molecule has 0 saturated carbocycles. The Morgan fingerprint density at radius 3 is 2.54 bits per heavy atom. The lowest BCUT2D eigenvalue weighted by Gasteiger charge is -2.28. The van der Waals surface area contributed by atoms with E-state index in [4.69, 9.17) is 14.5 Å². The lowest BCUT2D eigenvalue weighted by atomic mass is 10.2. The summed E-state index contributed by atoms with van der Waals surface area (Å²) in [4.78, 5) is 31.7. The predicted octanol–water partition coefficient (Wildman–Crippen LogP) is 3.15. The van der Waals surface area contributed by atoms with Crippen molar-refractivity contribution >= 4 is 36.7 Å². The van der Waals surface area contributed by atoms with Gasteiger partial charge in [0.2, 0.25) is 0 Å². The molecular formula is C15H14NO6PS. The lowest BCUT2D eigenvalue weighted by molar-refractivity contribution is -0.133. The molecule has 0 spiro atoms. The number of anilines is 2. The summed E-state index contributed by atoms with van der Waals surface area (Å²) in [6.45, 7) is 1.10. The SMILES string of the molecule is CC(C(=O)Oc1cccc2c1N(O)c1ccccc1S2)P(=O)(O)O. The molecule has 0 aliphatic carbocycles. The molecule has 0 radical (unpaired) electrons. The van der Waals surface area contributed by atoms with Crippen LogP contribution < -0.4 is 9.80 Å². The summed E-state index contributed by atoms with van der Waals surface area (Å²) in [5.74, 6) is -1.03. The number of rotatable bonds is 3. The number of hydrogen-bond donors (Lipinski definition) is 3. The van der Waals surface area contributed by atoms with E-state index in [0.29, 0.717) is 10.6 Å². The van der Waals surface area contributed by atoms with Gasteiger partial charge in [-0.3, -0.25) is 14.6 Å². The van der Waals surface area contributed by atoms with Gasteiger partial charge in [0, 0.05) is 9.79 Å². The van der Waals surface area contributed by atoms with Crippen LogP contribution in [0.5, 0.6) is 5.75 Å². The highest BCUT2D eigenvalue weighted by Crippen LogP contribution is 2.51. The van der Waals surface area contributed by atoms with E-state index < -0.39 is 19.2 Å². The molecular weight excluding hydrogens is 353 g/mol. The van der Waals surface area contributed by atoms with Crippen LogP contribution in [0.3, 0.4) is 0 Å². The number of esters is 1. The third-order valence-electron chi connectivity index (χ3n) is 3.54. The third kappa shape index (κ3) is 3.07. The van der Waals surface area contributed by atoms with Gasteiger partial charge in [0.25, 0.3) is 0 Å². The predicted molar refractivity (Wildman–Crippen MR) is 88.1 cm³/mol. The van der Waals surface area contributed by atoms with Gasteiger partial charge in [-0.2, -0.15) is 0 Å². The number of hydrogen-bond acceptors (Lipinski definition) is 6. The van der Waals surface area contributed by atoms with Crippen molar-refractivity contribution in [2.75, 3.05) is 5.06 Å². The highest BCUT2D eigenvalue weighted by Gasteiger charge is 2.34. The minimum absolute atomic E-state index is 0.0299. The Labute approximate surface area is 142 Å². The molecule has 1 unspecified atom stereocenters. The number of carbonyl (C=O) groups is 1. The molecule has 1 atom stereocenters. The van der Waals surface area contributed by atoms with E-state index in [1.807, 2.05) is 12.1 Å². The molecule has 7 nitrogen and oxygen atoms in total.